The van der Waals surface area contributed by atoms with Crippen molar-refractivity contribution in [2.24, 2.45) is 7.05 Å². The fourth-order valence-electron chi connectivity index (χ4n) is 3.41. The molecule has 8 nitrogen and oxygen atoms in total. The van der Waals surface area contributed by atoms with E-state index in [1.54, 1.807) is 42.3 Å². The largest absolute Gasteiger partial charge is 0.459 e. The summed E-state index contributed by atoms with van der Waals surface area (Å²) in [6, 6.07) is 11.5. The summed E-state index contributed by atoms with van der Waals surface area (Å²) in [4.78, 5) is 28.8. The maximum absolute atomic E-state index is 13.9. The lowest BCUT2D eigenvalue weighted by molar-refractivity contribution is 0.0620. The molecule has 1 aliphatic heterocycles. The number of anilines is 1. The number of carbonyl (C=O) groups is 2. The van der Waals surface area contributed by atoms with Crippen LogP contribution in [0.4, 0.5) is 10.2 Å². The summed E-state index contributed by atoms with van der Waals surface area (Å²) in [7, 11) is 1.65. The Morgan fingerprint density at radius 2 is 1.90 bits per heavy atom. The Hall–Kier alpha value is -3.46. The van der Waals surface area contributed by atoms with Crippen molar-refractivity contribution >= 4 is 17.6 Å². The van der Waals surface area contributed by atoms with Crippen LogP contribution >= 0.6 is 0 Å². The van der Waals surface area contributed by atoms with Crippen molar-refractivity contribution in [3.8, 4) is 0 Å². The van der Waals surface area contributed by atoms with Crippen LogP contribution in [-0.2, 0) is 13.6 Å². The first-order valence-electron chi connectivity index (χ1n) is 9.65. The summed E-state index contributed by atoms with van der Waals surface area (Å²) < 4.78 is 20.4. The van der Waals surface area contributed by atoms with Crippen molar-refractivity contribution in [1.82, 2.24) is 19.6 Å². The van der Waals surface area contributed by atoms with Gasteiger partial charge in [0.1, 0.15) is 11.6 Å². The molecule has 156 valence electrons. The van der Waals surface area contributed by atoms with Gasteiger partial charge in [-0.25, -0.2) is 4.39 Å². The maximum atomic E-state index is 13.9. The molecule has 3 aromatic rings. The van der Waals surface area contributed by atoms with Gasteiger partial charge in [0.05, 0.1) is 6.26 Å². The van der Waals surface area contributed by atoms with E-state index < -0.39 is 5.91 Å². The fraction of sp³-hybridized carbons (Fsp3) is 0.286. The van der Waals surface area contributed by atoms with Gasteiger partial charge in [-0.05, 0) is 18.2 Å². The quantitative estimate of drug-likeness (QED) is 0.697. The number of amides is 2. The number of hydrogen-bond acceptors (Lipinski definition) is 5. The zero-order valence-corrected chi connectivity index (χ0v) is 16.5. The highest BCUT2D eigenvalue weighted by molar-refractivity contribution is 6.02. The van der Waals surface area contributed by atoms with Crippen LogP contribution in [0.15, 0.2) is 53.1 Å². The molecule has 0 radical (unpaired) electrons. The normalized spacial score (nSPS) is 14.7. The van der Waals surface area contributed by atoms with Crippen molar-refractivity contribution in [2.75, 3.05) is 31.5 Å². The van der Waals surface area contributed by atoms with E-state index >= 15 is 0 Å². The zero-order valence-electron chi connectivity index (χ0n) is 16.5. The number of benzene rings is 1. The lowest BCUT2D eigenvalue weighted by Gasteiger charge is -2.34. The number of aromatic nitrogens is 2. The van der Waals surface area contributed by atoms with E-state index in [9.17, 15) is 14.0 Å². The van der Waals surface area contributed by atoms with Crippen LogP contribution < -0.4 is 5.32 Å². The summed E-state index contributed by atoms with van der Waals surface area (Å²) in [5, 5.41) is 6.92. The molecule has 2 aromatic heterocycles. The molecule has 0 spiro atoms. The molecule has 1 saturated heterocycles. The third kappa shape index (κ3) is 4.25. The van der Waals surface area contributed by atoms with E-state index in [1.807, 2.05) is 6.07 Å². The van der Waals surface area contributed by atoms with Gasteiger partial charge in [-0.1, -0.05) is 18.2 Å². The van der Waals surface area contributed by atoms with Gasteiger partial charge in [0.25, 0.3) is 11.8 Å². The molecule has 1 aliphatic rings. The Morgan fingerprint density at radius 3 is 2.60 bits per heavy atom. The van der Waals surface area contributed by atoms with Crippen LogP contribution in [0, 0.1) is 5.82 Å². The molecular weight excluding hydrogens is 389 g/mol. The highest BCUT2D eigenvalue weighted by Crippen LogP contribution is 2.16. The average Bonchev–Trinajstić information content (AvgIpc) is 3.40. The molecule has 0 saturated carbocycles. The zero-order chi connectivity index (χ0) is 21.1. The molecule has 1 aromatic carbocycles. The van der Waals surface area contributed by atoms with Crippen LogP contribution in [0.5, 0.6) is 0 Å². The van der Waals surface area contributed by atoms with Crippen molar-refractivity contribution in [3.63, 3.8) is 0 Å². The predicted octanol–water partition coefficient (Wildman–Crippen LogP) is 2.36. The van der Waals surface area contributed by atoms with Gasteiger partial charge in [-0.3, -0.25) is 19.2 Å². The second-order valence-electron chi connectivity index (χ2n) is 7.13. The lowest BCUT2D eigenvalue weighted by Crippen LogP contribution is -2.48. The fourth-order valence-corrected chi connectivity index (χ4v) is 3.41. The van der Waals surface area contributed by atoms with Crippen LogP contribution in [-0.4, -0.2) is 57.6 Å². The third-order valence-electron chi connectivity index (χ3n) is 5.10. The van der Waals surface area contributed by atoms with Crippen molar-refractivity contribution in [3.05, 3.63) is 71.6 Å². The van der Waals surface area contributed by atoms with Crippen LogP contribution in [0.1, 0.15) is 26.6 Å². The molecule has 0 atom stereocenters. The standard InChI is InChI=1S/C21H22FN5O3/c1-25-19(23-20(28)18-7-4-12-30-18)13-17(24-25)21(29)27-10-8-26(9-11-27)14-15-5-2-3-6-16(15)22/h2-7,12-13H,8-11,14H2,1H3,(H,23,28). The SMILES string of the molecule is Cn1nc(C(=O)N2CCN(Cc3ccccc3F)CC2)cc1NC(=O)c1ccco1. The molecule has 30 heavy (non-hydrogen) atoms. The van der Waals surface area contributed by atoms with Crippen LogP contribution in [0.3, 0.4) is 0 Å². The van der Waals surface area contributed by atoms with E-state index in [4.69, 9.17) is 4.42 Å². The summed E-state index contributed by atoms with van der Waals surface area (Å²) in [6.45, 7) is 2.86. The summed E-state index contributed by atoms with van der Waals surface area (Å²) >= 11 is 0. The van der Waals surface area contributed by atoms with Gasteiger partial charge in [-0.15, -0.1) is 0 Å². The van der Waals surface area contributed by atoms with Gasteiger partial charge >= 0.3 is 0 Å². The van der Waals surface area contributed by atoms with E-state index in [-0.39, 0.29) is 23.2 Å². The predicted molar refractivity (Wildman–Crippen MR) is 107 cm³/mol. The smallest absolute Gasteiger partial charge is 0.292 e. The molecule has 1 fully saturated rings. The molecule has 9 heteroatoms. The topological polar surface area (TPSA) is 83.6 Å². The molecule has 0 unspecified atom stereocenters. The molecular formula is C21H22FN5O3. The van der Waals surface area contributed by atoms with E-state index in [1.165, 1.54) is 17.0 Å². The Labute approximate surface area is 172 Å². The van der Waals surface area contributed by atoms with E-state index in [0.29, 0.717) is 44.1 Å². The number of aryl methyl sites for hydroxylation is 1. The number of piperazine rings is 1. The molecule has 2 amide bonds. The Bertz CT molecular complexity index is 1040. The van der Waals surface area contributed by atoms with Gasteiger partial charge < -0.3 is 14.6 Å². The molecule has 3 heterocycles. The Balaban J connectivity index is 1.35. The molecule has 0 aliphatic carbocycles. The molecule has 4 rings (SSSR count). The van der Waals surface area contributed by atoms with E-state index in [0.717, 1.165) is 0 Å². The minimum atomic E-state index is -0.413. The first-order valence-corrected chi connectivity index (χ1v) is 9.65. The number of halogens is 1. The first-order chi connectivity index (χ1) is 14.5. The van der Waals surface area contributed by atoms with Crippen molar-refractivity contribution in [2.45, 2.75) is 6.54 Å². The minimum absolute atomic E-state index is 0.176. The van der Waals surface area contributed by atoms with Crippen LogP contribution in [0.2, 0.25) is 0 Å². The second kappa shape index (κ2) is 8.50. The minimum Gasteiger partial charge on any atom is -0.459 e. The summed E-state index contributed by atoms with van der Waals surface area (Å²) in [5.41, 5.74) is 0.911. The number of nitrogens with one attached hydrogen (secondary N) is 1. The van der Waals surface area contributed by atoms with Crippen molar-refractivity contribution in [1.29, 1.82) is 0 Å². The highest BCUT2D eigenvalue weighted by atomic mass is 19.1. The second-order valence-corrected chi connectivity index (χ2v) is 7.13. The van der Waals surface area contributed by atoms with Gasteiger partial charge in [0, 0.05) is 51.4 Å². The monoisotopic (exact) mass is 411 g/mol. The summed E-state index contributed by atoms with van der Waals surface area (Å²) in [6.07, 6.45) is 1.42. The van der Waals surface area contributed by atoms with Crippen molar-refractivity contribution < 1.29 is 18.4 Å². The number of nitrogens with zero attached hydrogens (tertiary/aromatic N) is 4. The van der Waals surface area contributed by atoms with Gasteiger partial charge in [0.15, 0.2) is 11.5 Å². The third-order valence-corrected chi connectivity index (χ3v) is 5.10. The van der Waals surface area contributed by atoms with Gasteiger partial charge in [-0.2, -0.15) is 5.10 Å². The number of furan rings is 1. The molecule has 0 bridgehead atoms. The van der Waals surface area contributed by atoms with E-state index in [2.05, 4.69) is 15.3 Å². The molecule has 1 N–H and O–H groups in total. The Morgan fingerprint density at radius 1 is 1.13 bits per heavy atom. The number of rotatable bonds is 5. The lowest BCUT2D eigenvalue weighted by atomic mass is 10.2. The number of carbonyl (C=O) groups excluding carboxylic acids is 2. The average molecular weight is 411 g/mol. The number of hydrogen-bond donors (Lipinski definition) is 1. The summed E-state index contributed by atoms with van der Waals surface area (Å²) in [5.74, 6) is -0.250. The highest BCUT2D eigenvalue weighted by Gasteiger charge is 2.25. The van der Waals surface area contributed by atoms with Gasteiger partial charge in [0.2, 0.25) is 0 Å². The Kier molecular flexibility index (Phi) is 5.62. The first kappa shape index (κ1) is 19.8. The maximum Gasteiger partial charge on any atom is 0.292 e. The van der Waals surface area contributed by atoms with Crippen LogP contribution in [0.25, 0.3) is 0 Å².